The van der Waals surface area contributed by atoms with Gasteiger partial charge in [0.25, 0.3) is 5.91 Å². The van der Waals surface area contributed by atoms with Gasteiger partial charge in [0, 0.05) is 11.8 Å². The summed E-state index contributed by atoms with van der Waals surface area (Å²) in [7, 11) is 1.56. The van der Waals surface area contributed by atoms with Gasteiger partial charge < -0.3 is 19.5 Å². The maximum absolute atomic E-state index is 11.9. The number of para-hydroxylation sites is 2. The van der Waals surface area contributed by atoms with E-state index in [2.05, 4.69) is 5.32 Å². The molecule has 0 saturated carbocycles. The highest BCUT2D eigenvalue weighted by molar-refractivity contribution is 5.92. The fourth-order valence-corrected chi connectivity index (χ4v) is 1.91. The van der Waals surface area contributed by atoms with Gasteiger partial charge in [0.2, 0.25) is 0 Å². The van der Waals surface area contributed by atoms with Crippen molar-refractivity contribution in [2.45, 2.75) is 6.92 Å². The lowest BCUT2D eigenvalue weighted by molar-refractivity contribution is -0.118. The van der Waals surface area contributed by atoms with Gasteiger partial charge in [0.15, 0.2) is 18.1 Å². The van der Waals surface area contributed by atoms with E-state index in [0.717, 1.165) is 0 Å². The number of ether oxygens (including phenoxy) is 3. The lowest BCUT2D eigenvalue weighted by Crippen LogP contribution is -2.20. The van der Waals surface area contributed by atoms with Crippen molar-refractivity contribution < 1.29 is 19.0 Å². The monoisotopic (exact) mass is 301 g/mol. The second kappa shape index (κ2) is 7.93. The number of anilines is 1. The van der Waals surface area contributed by atoms with Gasteiger partial charge in [-0.3, -0.25) is 4.79 Å². The molecule has 5 heteroatoms. The largest absolute Gasteiger partial charge is 0.494 e. The van der Waals surface area contributed by atoms with E-state index in [1.165, 1.54) is 0 Å². The van der Waals surface area contributed by atoms with Gasteiger partial charge in [-0.15, -0.1) is 0 Å². The summed E-state index contributed by atoms with van der Waals surface area (Å²) in [4.78, 5) is 11.9. The molecule has 116 valence electrons. The Morgan fingerprint density at radius 1 is 1.05 bits per heavy atom. The van der Waals surface area contributed by atoms with Gasteiger partial charge in [0.1, 0.15) is 5.75 Å². The number of nitrogens with one attached hydrogen (secondary N) is 1. The highest BCUT2D eigenvalue weighted by atomic mass is 16.5. The number of amides is 1. The topological polar surface area (TPSA) is 56.8 Å². The highest BCUT2D eigenvalue weighted by Gasteiger charge is 2.07. The van der Waals surface area contributed by atoms with Crippen molar-refractivity contribution in [1.82, 2.24) is 0 Å². The Hall–Kier alpha value is -2.69. The summed E-state index contributed by atoms with van der Waals surface area (Å²) in [5.74, 6) is 1.59. The summed E-state index contributed by atoms with van der Waals surface area (Å²) in [6.07, 6.45) is 0. The van der Waals surface area contributed by atoms with Crippen LogP contribution in [0.5, 0.6) is 17.2 Å². The van der Waals surface area contributed by atoms with E-state index in [-0.39, 0.29) is 12.5 Å². The summed E-state index contributed by atoms with van der Waals surface area (Å²) >= 11 is 0. The third-order valence-corrected chi connectivity index (χ3v) is 2.86. The van der Waals surface area contributed by atoms with Crippen LogP contribution in [-0.2, 0) is 4.79 Å². The minimum atomic E-state index is -0.250. The van der Waals surface area contributed by atoms with Gasteiger partial charge >= 0.3 is 0 Å². The molecule has 1 N–H and O–H groups in total. The molecule has 0 atom stereocenters. The van der Waals surface area contributed by atoms with Crippen LogP contribution < -0.4 is 19.5 Å². The molecule has 2 aromatic carbocycles. The standard InChI is InChI=1S/C17H19NO4/c1-3-21-14-8-6-7-13(11-14)18-17(19)12-22-16-10-5-4-9-15(16)20-2/h4-11H,3,12H2,1-2H3,(H,18,19). The van der Waals surface area contributed by atoms with Crippen molar-refractivity contribution in [3.05, 3.63) is 48.5 Å². The molecule has 0 aliphatic carbocycles. The fraction of sp³-hybridized carbons (Fsp3) is 0.235. The molecule has 0 aliphatic heterocycles. The zero-order valence-electron chi connectivity index (χ0n) is 12.7. The summed E-state index contributed by atoms with van der Waals surface area (Å²) in [6.45, 7) is 2.39. The van der Waals surface area contributed by atoms with E-state index in [1.54, 1.807) is 31.4 Å². The first-order valence-corrected chi connectivity index (χ1v) is 7.01. The van der Waals surface area contributed by atoms with E-state index in [4.69, 9.17) is 14.2 Å². The lowest BCUT2D eigenvalue weighted by atomic mass is 10.3. The summed E-state index contributed by atoms with van der Waals surface area (Å²) in [5, 5.41) is 2.76. The van der Waals surface area contributed by atoms with Crippen LogP contribution in [0.15, 0.2) is 48.5 Å². The first kappa shape index (κ1) is 15.7. The first-order valence-electron chi connectivity index (χ1n) is 7.01. The average molecular weight is 301 g/mol. The Morgan fingerprint density at radius 3 is 2.55 bits per heavy atom. The van der Waals surface area contributed by atoms with E-state index in [9.17, 15) is 4.79 Å². The van der Waals surface area contributed by atoms with E-state index in [1.807, 2.05) is 31.2 Å². The third-order valence-electron chi connectivity index (χ3n) is 2.86. The molecule has 0 saturated heterocycles. The molecule has 1 amide bonds. The lowest BCUT2D eigenvalue weighted by Gasteiger charge is -2.11. The minimum Gasteiger partial charge on any atom is -0.494 e. The van der Waals surface area contributed by atoms with E-state index >= 15 is 0 Å². The Balaban J connectivity index is 1.91. The molecule has 0 bridgehead atoms. The van der Waals surface area contributed by atoms with Crippen LogP contribution in [0.2, 0.25) is 0 Å². The molecule has 0 heterocycles. The molecule has 0 aromatic heterocycles. The van der Waals surface area contributed by atoms with Gasteiger partial charge in [-0.1, -0.05) is 18.2 Å². The van der Waals surface area contributed by atoms with Crippen molar-refractivity contribution in [1.29, 1.82) is 0 Å². The van der Waals surface area contributed by atoms with Gasteiger partial charge in [-0.05, 0) is 31.2 Å². The van der Waals surface area contributed by atoms with E-state index < -0.39 is 0 Å². The number of carbonyl (C=O) groups is 1. The number of carbonyl (C=O) groups excluding carboxylic acids is 1. The average Bonchev–Trinajstić information content (AvgIpc) is 2.54. The molecule has 2 rings (SSSR count). The molecule has 0 spiro atoms. The summed E-state index contributed by atoms with van der Waals surface area (Å²) in [6, 6.07) is 14.4. The SMILES string of the molecule is CCOc1cccc(NC(=O)COc2ccccc2OC)c1. The molecular formula is C17H19NO4. The van der Waals surface area contributed by atoms with Crippen molar-refractivity contribution >= 4 is 11.6 Å². The van der Waals surface area contributed by atoms with Crippen molar-refractivity contribution in [3.63, 3.8) is 0 Å². The molecular weight excluding hydrogens is 282 g/mol. The van der Waals surface area contributed by atoms with Crippen molar-refractivity contribution in [2.75, 3.05) is 25.6 Å². The van der Waals surface area contributed by atoms with E-state index in [0.29, 0.717) is 29.5 Å². The Kier molecular flexibility index (Phi) is 5.65. The molecule has 0 aliphatic rings. The van der Waals surface area contributed by atoms with Crippen LogP contribution in [0.1, 0.15) is 6.92 Å². The number of benzene rings is 2. The molecule has 22 heavy (non-hydrogen) atoms. The Bertz CT molecular complexity index is 628. The smallest absolute Gasteiger partial charge is 0.262 e. The summed E-state index contributed by atoms with van der Waals surface area (Å²) in [5.41, 5.74) is 0.666. The van der Waals surface area contributed by atoms with Crippen LogP contribution in [0.3, 0.4) is 0 Å². The highest BCUT2D eigenvalue weighted by Crippen LogP contribution is 2.25. The van der Waals surface area contributed by atoms with Crippen LogP contribution in [-0.4, -0.2) is 26.2 Å². The van der Waals surface area contributed by atoms with Gasteiger partial charge in [-0.25, -0.2) is 0 Å². The molecule has 0 fully saturated rings. The van der Waals surface area contributed by atoms with Crippen LogP contribution in [0, 0.1) is 0 Å². The van der Waals surface area contributed by atoms with Crippen LogP contribution in [0.25, 0.3) is 0 Å². The normalized spacial score (nSPS) is 9.91. The zero-order valence-corrected chi connectivity index (χ0v) is 12.7. The number of hydrogen-bond donors (Lipinski definition) is 1. The fourth-order valence-electron chi connectivity index (χ4n) is 1.91. The maximum atomic E-state index is 11.9. The van der Waals surface area contributed by atoms with Crippen LogP contribution >= 0.6 is 0 Å². The second-order valence-corrected chi connectivity index (χ2v) is 4.45. The molecule has 2 aromatic rings. The Labute approximate surface area is 129 Å². The summed E-state index contributed by atoms with van der Waals surface area (Å²) < 4.78 is 16.0. The van der Waals surface area contributed by atoms with Crippen molar-refractivity contribution in [3.8, 4) is 17.2 Å². The first-order chi connectivity index (χ1) is 10.7. The van der Waals surface area contributed by atoms with Gasteiger partial charge in [0.05, 0.1) is 13.7 Å². The third kappa shape index (κ3) is 4.41. The quantitative estimate of drug-likeness (QED) is 0.853. The number of hydrogen-bond acceptors (Lipinski definition) is 4. The van der Waals surface area contributed by atoms with Crippen LogP contribution in [0.4, 0.5) is 5.69 Å². The minimum absolute atomic E-state index is 0.0980. The maximum Gasteiger partial charge on any atom is 0.262 e. The Morgan fingerprint density at radius 2 is 1.82 bits per heavy atom. The van der Waals surface area contributed by atoms with Gasteiger partial charge in [-0.2, -0.15) is 0 Å². The second-order valence-electron chi connectivity index (χ2n) is 4.45. The number of rotatable bonds is 7. The predicted molar refractivity (Wildman–Crippen MR) is 84.7 cm³/mol. The molecule has 5 nitrogen and oxygen atoms in total. The number of methoxy groups -OCH3 is 1. The molecule has 0 unspecified atom stereocenters. The zero-order chi connectivity index (χ0) is 15.8. The molecule has 0 radical (unpaired) electrons. The predicted octanol–water partition coefficient (Wildman–Crippen LogP) is 3.11. The van der Waals surface area contributed by atoms with Crippen molar-refractivity contribution in [2.24, 2.45) is 0 Å².